The molecule has 0 saturated carbocycles. The maximum atomic E-state index is 13.9. The van der Waals surface area contributed by atoms with Crippen LogP contribution in [0.4, 0.5) is 0 Å². The molecule has 1 N–H and O–H groups in total. The van der Waals surface area contributed by atoms with Crippen LogP contribution in [0.25, 0.3) is 22.5 Å². The summed E-state index contributed by atoms with van der Waals surface area (Å²) in [6.45, 7) is 4.72. The average molecular weight is 561 g/mol. The molecular formula is C32H33KN4O3. The maximum absolute atomic E-state index is 13.9. The van der Waals surface area contributed by atoms with Crippen molar-refractivity contribution >= 4 is 51.4 Å². The molecule has 0 spiro atoms. The zero-order valence-electron chi connectivity index (χ0n) is 22.3. The van der Waals surface area contributed by atoms with E-state index in [1.807, 2.05) is 71.3 Å². The monoisotopic (exact) mass is 560 g/mol. The first kappa shape index (κ1) is 30.1. The number of aromatic nitrogens is 4. The fourth-order valence-corrected chi connectivity index (χ4v) is 4.91. The van der Waals surface area contributed by atoms with Crippen molar-refractivity contribution in [3.63, 3.8) is 0 Å². The molecule has 200 valence electrons. The van der Waals surface area contributed by atoms with Gasteiger partial charge in [-0.25, -0.2) is 9.78 Å². The summed E-state index contributed by atoms with van der Waals surface area (Å²) < 4.78 is 6.55. The van der Waals surface area contributed by atoms with Gasteiger partial charge < -0.3 is 0 Å². The molecule has 7 nitrogen and oxygen atoms in total. The molecule has 0 unspecified atom stereocenters. The van der Waals surface area contributed by atoms with Gasteiger partial charge in [0.2, 0.25) is 0 Å². The number of nitrogens with one attached hydrogen (secondary N) is 1. The molecule has 8 heteroatoms. The van der Waals surface area contributed by atoms with Crippen molar-refractivity contribution in [2.24, 2.45) is 0 Å². The Morgan fingerprint density at radius 3 is 2.20 bits per heavy atom. The molecule has 0 bridgehead atoms. The van der Waals surface area contributed by atoms with Crippen molar-refractivity contribution in [3.8, 4) is 22.5 Å². The molecule has 0 aliphatic carbocycles. The first-order chi connectivity index (χ1) is 19.1. The molecular weight excluding hydrogens is 527 g/mol. The predicted octanol–water partition coefficient (Wildman–Crippen LogP) is 5.15. The van der Waals surface area contributed by atoms with Crippen molar-refractivity contribution in [1.29, 1.82) is 0 Å². The van der Waals surface area contributed by atoms with Crippen molar-refractivity contribution in [1.82, 2.24) is 19.7 Å². The van der Waals surface area contributed by atoms with Crippen LogP contribution in [0.3, 0.4) is 0 Å². The number of nitrogens with zero attached hydrogens (tertiary/aromatic N) is 3. The third-order valence-electron chi connectivity index (χ3n) is 6.96. The summed E-state index contributed by atoms with van der Waals surface area (Å²) in [4.78, 5) is 33.1. The molecule has 5 rings (SSSR count). The van der Waals surface area contributed by atoms with Gasteiger partial charge in [-0.05, 0) is 35.1 Å². The summed E-state index contributed by atoms with van der Waals surface area (Å²) in [7, 11) is 0. The zero-order chi connectivity index (χ0) is 27.2. The van der Waals surface area contributed by atoms with Crippen molar-refractivity contribution in [2.75, 3.05) is 0 Å². The summed E-state index contributed by atoms with van der Waals surface area (Å²) in [5, 5.41) is 3.85. The van der Waals surface area contributed by atoms with Gasteiger partial charge in [-0.2, -0.15) is 0 Å². The second-order valence-corrected chi connectivity index (χ2v) is 9.65. The number of aryl methyl sites for hydroxylation is 2. The Kier molecular flexibility index (Phi) is 10.6. The molecule has 5 aromatic rings. The Morgan fingerprint density at radius 1 is 0.850 bits per heavy atom. The van der Waals surface area contributed by atoms with Crippen LogP contribution in [0.5, 0.6) is 0 Å². The van der Waals surface area contributed by atoms with Crippen LogP contribution in [0.1, 0.15) is 54.9 Å². The van der Waals surface area contributed by atoms with Gasteiger partial charge in [-0.1, -0.05) is 104 Å². The van der Waals surface area contributed by atoms with Crippen molar-refractivity contribution < 1.29 is 4.52 Å². The third kappa shape index (κ3) is 6.87. The second kappa shape index (κ2) is 14.1. The van der Waals surface area contributed by atoms with Crippen LogP contribution < -0.4 is 11.3 Å². The van der Waals surface area contributed by atoms with E-state index in [-0.39, 0.29) is 56.9 Å². The normalized spacial score (nSPS) is 10.8. The standard InChI is InChI=1S/C32H32N4O3.K.H/c1-3-5-15-28-27(31(37)36(29(4-2)33-28)21-23-11-7-6-8-12-23)20-22-16-18-24(19-17-22)25-13-9-10-14-26(25)30-34-32(38)39-35-30;;/h6-14,16-19H,3-5,15,20-21H2,1-2H3,(H,34,35,38);;. The predicted molar refractivity (Wildman–Crippen MR) is 160 cm³/mol. The number of aromatic amines is 1. The Balaban J connectivity index is 0.00000370. The van der Waals surface area contributed by atoms with Crippen LogP contribution in [-0.4, -0.2) is 71.1 Å². The fourth-order valence-electron chi connectivity index (χ4n) is 4.91. The van der Waals surface area contributed by atoms with Gasteiger partial charge in [-0.15, -0.1) is 0 Å². The number of hydrogen-bond donors (Lipinski definition) is 1. The quantitative estimate of drug-likeness (QED) is 0.239. The third-order valence-corrected chi connectivity index (χ3v) is 6.96. The van der Waals surface area contributed by atoms with Crippen molar-refractivity contribution in [3.05, 3.63) is 128 Å². The van der Waals surface area contributed by atoms with E-state index in [1.165, 1.54) is 0 Å². The van der Waals surface area contributed by atoms with E-state index in [2.05, 4.69) is 36.1 Å². The number of hydrogen-bond acceptors (Lipinski definition) is 5. The molecule has 0 fully saturated rings. The van der Waals surface area contributed by atoms with Gasteiger partial charge in [0.1, 0.15) is 5.82 Å². The summed E-state index contributed by atoms with van der Waals surface area (Å²) in [6, 6.07) is 26.0. The summed E-state index contributed by atoms with van der Waals surface area (Å²) in [5.41, 5.74) is 6.53. The molecule has 3 aromatic carbocycles. The van der Waals surface area contributed by atoms with E-state index in [4.69, 9.17) is 9.51 Å². The topological polar surface area (TPSA) is 93.8 Å². The molecule has 0 amide bonds. The van der Waals surface area contributed by atoms with Crippen molar-refractivity contribution in [2.45, 2.75) is 52.5 Å². The van der Waals surface area contributed by atoms with Gasteiger partial charge in [-0.3, -0.25) is 18.9 Å². The summed E-state index contributed by atoms with van der Waals surface area (Å²) >= 11 is 0. The molecule has 0 radical (unpaired) electrons. The van der Waals surface area contributed by atoms with E-state index in [9.17, 15) is 9.59 Å². The molecule has 0 atom stereocenters. The molecule has 2 aromatic heterocycles. The number of H-pyrrole nitrogens is 1. The van der Waals surface area contributed by atoms with Crippen LogP contribution >= 0.6 is 0 Å². The summed E-state index contributed by atoms with van der Waals surface area (Å²) in [6.07, 6.45) is 4.04. The number of unbranched alkanes of at least 4 members (excludes halogenated alkanes) is 1. The second-order valence-electron chi connectivity index (χ2n) is 9.65. The number of benzene rings is 3. The molecule has 40 heavy (non-hydrogen) atoms. The van der Waals surface area contributed by atoms with Crippen LogP contribution in [0.15, 0.2) is 93.0 Å². The van der Waals surface area contributed by atoms with E-state index in [1.54, 1.807) is 0 Å². The minimum atomic E-state index is -0.588. The van der Waals surface area contributed by atoms with Crippen LogP contribution in [-0.2, 0) is 25.8 Å². The first-order valence-electron chi connectivity index (χ1n) is 13.5. The van der Waals surface area contributed by atoms with E-state index in [0.717, 1.165) is 64.2 Å². The zero-order valence-corrected chi connectivity index (χ0v) is 22.3. The Labute approximate surface area is 276 Å². The van der Waals surface area contributed by atoms with Gasteiger partial charge in [0, 0.05) is 24.0 Å². The van der Waals surface area contributed by atoms with Crippen LogP contribution in [0, 0.1) is 0 Å². The first-order valence-corrected chi connectivity index (χ1v) is 13.5. The van der Waals surface area contributed by atoms with Gasteiger partial charge in [0.15, 0.2) is 5.82 Å². The Morgan fingerprint density at radius 2 is 1.55 bits per heavy atom. The van der Waals surface area contributed by atoms with Gasteiger partial charge >= 0.3 is 57.1 Å². The Bertz CT molecular complexity index is 1670. The van der Waals surface area contributed by atoms with Gasteiger partial charge in [0.25, 0.3) is 5.56 Å². The average Bonchev–Trinajstić information content (AvgIpc) is 3.41. The van der Waals surface area contributed by atoms with Crippen LogP contribution in [0.2, 0.25) is 0 Å². The van der Waals surface area contributed by atoms with E-state index >= 15 is 0 Å². The number of rotatable bonds is 10. The molecule has 0 aliphatic rings. The Hall–Kier alpha value is -2.88. The molecule has 2 heterocycles. The summed E-state index contributed by atoms with van der Waals surface area (Å²) in [5.74, 6) is 0.632. The van der Waals surface area contributed by atoms with E-state index in [0.29, 0.717) is 25.2 Å². The minimum absolute atomic E-state index is 0. The molecule has 0 aliphatic heterocycles. The molecule has 0 saturated heterocycles. The van der Waals surface area contributed by atoms with Gasteiger partial charge in [0.05, 0.1) is 12.2 Å². The van der Waals surface area contributed by atoms with E-state index < -0.39 is 5.76 Å². The fraction of sp³-hybridized carbons (Fsp3) is 0.250. The SMILES string of the molecule is CCCCc1nc(CC)n(Cc2ccccc2)c(=O)c1Cc1ccc(-c2ccccc2-c2noc(=O)[nH]2)cc1.[KH].